The maximum atomic E-state index is 11.5. The second-order valence-corrected chi connectivity index (χ2v) is 3.10. The molecule has 0 saturated heterocycles. The van der Waals surface area contributed by atoms with Gasteiger partial charge in [-0.25, -0.2) is 4.79 Å². The lowest BCUT2D eigenvalue weighted by atomic mass is 10.1. The highest BCUT2D eigenvalue weighted by atomic mass is 16.5. The van der Waals surface area contributed by atoms with Crippen LogP contribution in [0.15, 0.2) is 11.5 Å². The summed E-state index contributed by atoms with van der Waals surface area (Å²) in [6.07, 6.45) is 2.52. The molecular formula is C11H21NO3. The first-order valence-electron chi connectivity index (χ1n) is 5.45. The summed E-state index contributed by atoms with van der Waals surface area (Å²) in [5.41, 5.74) is 6.12. The third-order valence-corrected chi connectivity index (χ3v) is 1.90. The van der Waals surface area contributed by atoms with Crippen molar-refractivity contribution in [3.8, 4) is 0 Å². The van der Waals surface area contributed by atoms with Crippen molar-refractivity contribution in [1.29, 1.82) is 0 Å². The molecule has 4 heteroatoms. The van der Waals surface area contributed by atoms with Crippen molar-refractivity contribution < 1.29 is 14.3 Å². The van der Waals surface area contributed by atoms with E-state index in [-0.39, 0.29) is 11.9 Å². The van der Waals surface area contributed by atoms with Crippen molar-refractivity contribution >= 4 is 5.97 Å². The molecule has 88 valence electrons. The molecule has 2 N–H and O–H groups in total. The van der Waals surface area contributed by atoms with Gasteiger partial charge in [0.05, 0.1) is 18.8 Å². The van der Waals surface area contributed by atoms with Gasteiger partial charge in [0, 0.05) is 0 Å². The topological polar surface area (TPSA) is 61.5 Å². The van der Waals surface area contributed by atoms with Gasteiger partial charge in [0.1, 0.15) is 0 Å². The summed E-state index contributed by atoms with van der Waals surface area (Å²) < 4.78 is 10.0. The third kappa shape index (κ3) is 5.30. The molecule has 0 unspecified atom stereocenters. The molecule has 0 saturated carbocycles. The van der Waals surface area contributed by atoms with Gasteiger partial charge in [0.25, 0.3) is 0 Å². The first-order valence-corrected chi connectivity index (χ1v) is 5.45. The summed E-state index contributed by atoms with van der Waals surface area (Å²) in [6.45, 7) is 6.47. The minimum absolute atomic E-state index is 0.199. The van der Waals surface area contributed by atoms with Crippen LogP contribution in [0.25, 0.3) is 0 Å². The molecule has 0 aromatic heterocycles. The van der Waals surface area contributed by atoms with Crippen LogP contribution < -0.4 is 5.73 Å². The van der Waals surface area contributed by atoms with Crippen LogP contribution >= 0.6 is 0 Å². The quantitative estimate of drug-likeness (QED) is 0.400. The normalized spacial score (nSPS) is 11.9. The van der Waals surface area contributed by atoms with Crippen LogP contribution in [0.5, 0.6) is 0 Å². The van der Waals surface area contributed by atoms with E-state index >= 15 is 0 Å². The highest BCUT2D eigenvalue weighted by Gasteiger charge is 2.15. The number of carbonyl (C=O) groups is 1. The van der Waals surface area contributed by atoms with Crippen molar-refractivity contribution in [3.63, 3.8) is 0 Å². The molecule has 0 fully saturated rings. The molecule has 0 aliphatic rings. The number of nitrogens with two attached hydrogens (primary N) is 1. The largest absolute Gasteiger partial charge is 0.479 e. The van der Waals surface area contributed by atoms with Crippen LogP contribution in [-0.4, -0.2) is 19.2 Å². The highest BCUT2D eigenvalue weighted by Crippen LogP contribution is 2.12. The van der Waals surface area contributed by atoms with Crippen LogP contribution in [0.4, 0.5) is 0 Å². The van der Waals surface area contributed by atoms with Crippen LogP contribution in [-0.2, 0) is 14.3 Å². The summed E-state index contributed by atoms with van der Waals surface area (Å²) >= 11 is 0. The zero-order valence-electron chi connectivity index (χ0n) is 9.84. The molecule has 15 heavy (non-hydrogen) atoms. The molecule has 4 nitrogen and oxygen atoms in total. The van der Waals surface area contributed by atoms with E-state index < -0.39 is 0 Å². The number of carbonyl (C=O) groups excluding carboxylic acids is 1. The lowest BCUT2D eigenvalue weighted by molar-refractivity contribution is -0.139. The molecular weight excluding hydrogens is 194 g/mol. The first kappa shape index (κ1) is 13.8. The summed E-state index contributed by atoms with van der Waals surface area (Å²) in [5, 5.41) is 0. The maximum Gasteiger partial charge on any atom is 0.339 e. The standard InChI is InChI=1S/C11H21NO3/c1-4-7-8-9(10(12)14-5-2)11(13)15-6-3/h4-8,12H2,1-3H3. The Labute approximate surface area is 91.4 Å². The molecule has 0 spiro atoms. The van der Waals surface area contributed by atoms with E-state index in [1.807, 2.05) is 6.92 Å². The summed E-state index contributed by atoms with van der Waals surface area (Å²) in [6, 6.07) is 0. The van der Waals surface area contributed by atoms with Crippen molar-refractivity contribution in [2.45, 2.75) is 40.0 Å². The van der Waals surface area contributed by atoms with Crippen LogP contribution in [0.3, 0.4) is 0 Å². The van der Waals surface area contributed by atoms with Crippen molar-refractivity contribution in [3.05, 3.63) is 11.5 Å². The molecule has 0 aromatic carbocycles. The zero-order chi connectivity index (χ0) is 11.7. The van der Waals surface area contributed by atoms with E-state index in [2.05, 4.69) is 6.92 Å². The maximum absolute atomic E-state index is 11.5. The summed E-state index contributed by atoms with van der Waals surface area (Å²) in [7, 11) is 0. The summed E-state index contributed by atoms with van der Waals surface area (Å²) in [4.78, 5) is 11.5. The lowest BCUT2D eigenvalue weighted by Crippen LogP contribution is -2.16. The average molecular weight is 215 g/mol. The Hall–Kier alpha value is -1.19. The number of esters is 1. The van der Waals surface area contributed by atoms with E-state index in [0.717, 1.165) is 12.8 Å². The Morgan fingerprint density at radius 2 is 1.73 bits per heavy atom. The fourth-order valence-corrected chi connectivity index (χ4v) is 1.14. The Morgan fingerprint density at radius 3 is 2.20 bits per heavy atom. The SMILES string of the molecule is CCCCC(C(=O)OCC)=C(N)OCC. The molecule has 0 aliphatic carbocycles. The molecule has 0 heterocycles. The molecule has 0 bridgehead atoms. The van der Waals surface area contributed by atoms with Gasteiger partial charge in [-0.2, -0.15) is 0 Å². The Morgan fingerprint density at radius 1 is 1.13 bits per heavy atom. The number of ether oxygens (including phenoxy) is 2. The average Bonchev–Trinajstić information content (AvgIpc) is 2.19. The van der Waals surface area contributed by atoms with E-state index in [1.54, 1.807) is 6.92 Å². The van der Waals surface area contributed by atoms with Crippen molar-refractivity contribution in [2.75, 3.05) is 13.2 Å². The van der Waals surface area contributed by atoms with Crippen molar-refractivity contribution in [2.24, 2.45) is 5.73 Å². The van der Waals surface area contributed by atoms with Crippen molar-refractivity contribution in [1.82, 2.24) is 0 Å². The van der Waals surface area contributed by atoms with E-state index in [1.165, 1.54) is 0 Å². The fourth-order valence-electron chi connectivity index (χ4n) is 1.14. The predicted molar refractivity (Wildman–Crippen MR) is 59.0 cm³/mol. The van der Waals surface area contributed by atoms with Gasteiger partial charge in [-0.3, -0.25) is 0 Å². The van der Waals surface area contributed by atoms with Crippen LogP contribution in [0.2, 0.25) is 0 Å². The monoisotopic (exact) mass is 215 g/mol. The first-order chi connectivity index (χ1) is 7.17. The molecule has 0 radical (unpaired) electrons. The van der Waals surface area contributed by atoms with E-state index in [9.17, 15) is 4.79 Å². The number of rotatable bonds is 7. The van der Waals surface area contributed by atoms with Crippen LogP contribution in [0.1, 0.15) is 40.0 Å². The zero-order valence-corrected chi connectivity index (χ0v) is 9.84. The second kappa shape index (κ2) is 8.15. The Kier molecular flexibility index (Phi) is 7.50. The van der Waals surface area contributed by atoms with Gasteiger partial charge in [-0.1, -0.05) is 13.3 Å². The predicted octanol–water partition coefficient (Wildman–Crippen LogP) is 1.95. The smallest absolute Gasteiger partial charge is 0.339 e. The molecule has 0 amide bonds. The van der Waals surface area contributed by atoms with Gasteiger partial charge < -0.3 is 15.2 Å². The molecule has 0 atom stereocenters. The van der Waals surface area contributed by atoms with Gasteiger partial charge in [-0.15, -0.1) is 0 Å². The molecule has 0 aliphatic heterocycles. The Balaban J connectivity index is 4.54. The minimum Gasteiger partial charge on any atom is -0.479 e. The third-order valence-electron chi connectivity index (χ3n) is 1.90. The van der Waals surface area contributed by atoms with Crippen LogP contribution in [0, 0.1) is 0 Å². The van der Waals surface area contributed by atoms with E-state index in [0.29, 0.717) is 25.2 Å². The van der Waals surface area contributed by atoms with E-state index in [4.69, 9.17) is 15.2 Å². The lowest BCUT2D eigenvalue weighted by Gasteiger charge is -2.10. The second-order valence-electron chi connectivity index (χ2n) is 3.10. The fraction of sp³-hybridized carbons (Fsp3) is 0.727. The van der Waals surface area contributed by atoms with Gasteiger partial charge >= 0.3 is 5.97 Å². The van der Waals surface area contributed by atoms with Gasteiger partial charge in [0.2, 0.25) is 0 Å². The number of unbranched alkanes of at least 4 members (excludes halogenated alkanes) is 1. The number of hydrogen-bond donors (Lipinski definition) is 1. The van der Waals surface area contributed by atoms with Gasteiger partial charge in [0.15, 0.2) is 5.88 Å². The Bertz CT molecular complexity index is 224. The minimum atomic E-state index is -0.364. The molecule has 0 aromatic rings. The molecule has 0 rings (SSSR count). The van der Waals surface area contributed by atoms with Gasteiger partial charge in [-0.05, 0) is 26.7 Å². The number of hydrogen-bond acceptors (Lipinski definition) is 4. The summed E-state index contributed by atoms with van der Waals surface area (Å²) in [5.74, 6) is -0.165. The highest BCUT2D eigenvalue weighted by molar-refractivity contribution is 5.88.